The van der Waals surface area contributed by atoms with E-state index in [0.717, 1.165) is 27.7 Å². The largest absolute Gasteiger partial charge is 0.258 e. The molecule has 0 fully saturated rings. The lowest BCUT2D eigenvalue weighted by atomic mass is 10.2. The van der Waals surface area contributed by atoms with E-state index in [1.165, 1.54) is 0 Å². The topological polar surface area (TPSA) is 41.6 Å². The zero-order valence-corrected chi connectivity index (χ0v) is 13.2. The van der Waals surface area contributed by atoms with Crippen LogP contribution in [0.1, 0.15) is 5.56 Å². The lowest BCUT2D eigenvalue weighted by Gasteiger charge is -2.00. The Balaban J connectivity index is 1.71. The van der Waals surface area contributed by atoms with E-state index in [0.29, 0.717) is 10.2 Å². The number of benzene rings is 2. The molecule has 0 spiro atoms. The van der Waals surface area contributed by atoms with Crippen LogP contribution in [0.5, 0.6) is 0 Å². The Morgan fingerprint density at radius 2 is 1.76 bits per heavy atom. The summed E-state index contributed by atoms with van der Waals surface area (Å²) in [5.74, 6) is 1.46. The molecule has 3 aromatic rings. The number of nitrogens with zero attached hydrogens (tertiary/aromatic N) is 2. The zero-order chi connectivity index (χ0) is 14.7. The van der Waals surface area contributed by atoms with Crippen LogP contribution in [0, 0.1) is 0 Å². The third-order valence-electron chi connectivity index (χ3n) is 2.90. The maximum atomic E-state index is 6.13. The number of rotatable bonds is 4. The van der Waals surface area contributed by atoms with Crippen molar-refractivity contribution < 1.29 is 0 Å². The molecule has 3 rings (SSSR count). The van der Waals surface area contributed by atoms with Gasteiger partial charge in [-0.05, 0) is 35.9 Å². The van der Waals surface area contributed by atoms with Gasteiger partial charge < -0.3 is 0 Å². The zero-order valence-electron chi connectivity index (χ0n) is 10.9. The monoisotopic (exact) mass is 335 g/mol. The SMILES string of the molecule is Clc1ccc(-c2nc(SCc3ccccc3Cl)n[nH]2)cc1. The van der Waals surface area contributed by atoms with Gasteiger partial charge in [0.1, 0.15) is 0 Å². The molecule has 0 atom stereocenters. The number of aromatic amines is 1. The molecule has 0 saturated carbocycles. The number of hydrogen-bond acceptors (Lipinski definition) is 3. The van der Waals surface area contributed by atoms with Gasteiger partial charge in [0.05, 0.1) is 0 Å². The molecule has 0 aliphatic heterocycles. The van der Waals surface area contributed by atoms with Crippen LogP contribution in [0.25, 0.3) is 11.4 Å². The highest BCUT2D eigenvalue weighted by Gasteiger charge is 2.07. The van der Waals surface area contributed by atoms with Crippen molar-refractivity contribution in [2.75, 3.05) is 0 Å². The molecule has 1 N–H and O–H groups in total. The quantitative estimate of drug-likeness (QED) is 0.676. The Kier molecular flexibility index (Phi) is 4.48. The van der Waals surface area contributed by atoms with Crippen molar-refractivity contribution >= 4 is 35.0 Å². The van der Waals surface area contributed by atoms with Gasteiger partial charge in [-0.15, -0.1) is 5.10 Å². The smallest absolute Gasteiger partial charge is 0.209 e. The van der Waals surface area contributed by atoms with Gasteiger partial charge in [-0.2, -0.15) is 0 Å². The number of aromatic nitrogens is 3. The Bertz CT molecular complexity index is 741. The summed E-state index contributed by atoms with van der Waals surface area (Å²) in [6.07, 6.45) is 0. The maximum absolute atomic E-state index is 6.13. The minimum Gasteiger partial charge on any atom is -0.258 e. The van der Waals surface area contributed by atoms with Gasteiger partial charge >= 0.3 is 0 Å². The summed E-state index contributed by atoms with van der Waals surface area (Å²) in [7, 11) is 0. The highest BCUT2D eigenvalue weighted by Crippen LogP contribution is 2.26. The molecule has 106 valence electrons. The number of nitrogens with one attached hydrogen (secondary N) is 1. The van der Waals surface area contributed by atoms with Gasteiger partial charge in [0, 0.05) is 21.4 Å². The molecule has 0 amide bonds. The van der Waals surface area contributed by atoms with Gasteiger partial charge in [0.15, 0.2) is 5.82 Å². The number of halogens is 2. The number of H-pyrrole nitrogens is 1. The van der Waals surface area contributed by atoms with E-state index in [1.807, 2.05) is 48.5 Å². The van der Waals surface area contributed by atoms with Crippen LogP contribution in [-0.2, 0) is 5.75 Å². The molecular weight excluding hydrogens is 325 g/mol. The van der Waals surface area contributed by atoms with Gasteiger partial charge in [0.25, 0.3) is 0 Å². The van der Waals surface area contributed by atoms with Crippen molar-refractivity contribution in [1.29, 1.82) is 0 Å². The van der Waals surface area contributed by atoms with Crippen molar-refractivity contribution in [3.05, 3.63) is 64.1 Å². The van der Waals surface area contributed by atoms with E-state index >= 15 is 0 Å². The van der Waals surface area contributed by atoms with E-state index < -0.39 is 0 Å². The first-order chi connectivity index (χ1) is 10.2. The van der Waals surface area contributed by atoms with Crippen molar-refractivity contribution in [2.45, 2.75) is 10.9 Å². The predicted octanol–water partition coefficient (Wildman–Crippen LogP) is 5.07. The summed E-state index contributed by atoms with van der Waals surface area (Å²) >= 11 is 13.5. The Hall–Kier alpha value is -1.49. The molecule has 0 bridgehead atoms. The van der Waals surface area contributed by atoms with Gasteiger partial charge in [0.2, 0.25) is 5.16 Å². The number of thioether (sulfide) groups is 1. The van der Waals surface area contributed by atoms with Gasteiger partial charge in [-0.25, -0.2) is 4.98 Å². The normalized spacial score (nSPS) is 10.8. The van der Waals surface area contributed by atoms with E-state index in [2.05, 4.69) is 15.2 Å². The van der Waals surface area contributed by atoms with Crippen LogP contribution >= 0.6 is 35.0 Å². The van der Waals surface area contributed by atoms with Crippen LogP contribution < -0.4 is 0 Å². The third-order valence-corrected chi connectivity index (χ3v) is 4.41. The van der Waals surface area contributed by atoms with E-state index in [-0.39, 0.29) is 0 Å². The van der Waals surface area contributed by atoms with Crippen molar-refractivity contribution in [2.24, 2.45) is 0 Å². The molecule has 1 heterocycles. The molecule has 0 saturated heterocycles. The molecule has 1 aromatic heterocycles. The average molecular weight is 336 g/mol. The molecule has 3 nitrogen and oxygen atoms in total. The summed E-state index contributed by atoms with van der Waals surface area (Å²) < 4.78 is 0. The van der Waals surface area contributed by atoms with Crippen LogP contribution in [0.2, 0.25) is 10.0 Å². The van der Waals surface area contributed by atoms with E-state index in [4.69, 9.17) is 23.2 Å². The average Bonchev–Trinajstić information content (AvgIpc) is 2.96. The van der Waals surface area contributed by atoms with Crippen LogP contribution in [0.4, 0.5) is 0 Å². The minimum absolute atomic E-state index is 0.694. The van der Waals surface area contributed by atoms with Crippen molar-refractivity contribution in [1.82, 2.24) is 15.2 Å². The molecule has 21 heavy (non-hydrogen) atoms. The van der Waals surface area contributed by atoms with Crippen molar-refractivity contribution in [3.63, 3.8) is 0 Å². The summed E-state index contributed by atoms with van der Waals surface area (Å²) in [6, 6.07) is 15.3. The minimum atomic E-state index is 0.694. The van der Waals surface area contributed by atoms with Gasteiger partial charge in [-0.1, -0.05) is 53.2 Å². The third kappa shape index (κ3) is 3.59. The second kappa shape index (κ2) is 6.52. The summed E-state index contributed by atoms with van der Waals surface area (Å²) in [5.41, 5.74) is 2.03. The first-order valence-electron chi connectivity index (χ1n) is 6.27. The van der Waals surface area contributed by atoms with Crippen LogP contribution in [0.15, 0.2) is 53.7 Å². The van der Waals surface area contributed by atoms with E-state index in [1.54, 1.807) is 11.8 Å². The fourth-order valence-corrected chi connectivity index (χ4v) is 3.02. The number of hydrogen-bond donors (Lipinski definition) is 1. The molecule has 0 aliphatic rings. The molecule has 2 aromatic carbocycles. The molecule has 0 unspecified atom stereocenters. The molecule has 0 aliphatic carbocycles. The lowest BCUT2D eigenvalue weighted by Crippen LogP contribution is -1.83. The summed E-state index contributed by atoms with van der Waals surface area (Å²) in [6.45, 7) is 0. The second-order valence-electron chi connectivity index (χ2n) is 4.35. The maximum Gasteiger partial charge on any atom is 0.209 e. The fraction of sp³-hybridized carbons (Fsp3) is 0.0667. The van der Waals surface area contributed by atoms with Gasteiger partial charge in [-0.3, -0.25) is 5.10 Å². The first kappa shape index (κ1) is 14.4. The first-order valence-corrected chi connectivity index (χ1v) is 8.01. The predicted molar refractivity (Wildman–Crippen MR) is 87.8 cm³/mol. The fourth-order valence-electron chi connectivity index (χ4n) is 1.81. The highest BCUT2D eigenvalue weighted by atomic mass is 35.5. The highest BCUT2D eigenvalue weighted by molar-refractivity contribution is 7.98. The van der Waals surface area contributed by atoms with Crippen LogP contribution in [-0.4, -0.2) is 15.2 Å². The molecular formula is C15H11Cl2N3S. The van der Waals surface area contributed by atoms with E-state index in [9.17, 15) is 0 Å². The Morgan fingerprint density at radius 3 is 2.52 bits per heavy atom. The Morgan fingerprint density at radius 1 is 1.00 bits per heavy atom. The Labute approximate surface area is 136 Å². The van der Waals surface area contributed by atoms with Crippen LogP contribution in [0.3, 0.4) is 0 Å². The standard InChI is InChI=1S/C15H11Cl2N3S/c16-12-7-5-10(6-8-12)14-18-15(20-19-14)21-9-11-3-1-2-4-13(11)17/h1-8H,9H2,(H,18,19,20). The second-order valence-corrected chi connectivity index (χ2v) is 6.14. The molecule has 0 radical (unpaired) electrons. The summed E-state index contributed by atoms with van der Waals surface area (Å²) in [4.78, 5) is 4.47. The van der Waals surface area contributed by atoms with Crippen molar-refractivity contribution in [3.8, 4) is 11.4 Å². The summed E-state index contributed by atoms with van der Waals surface area (Å²) in [5, 5.41) is 9.30. The molecule has 6 heteroatoms. The lowest BCUT2D eigenvalue weighted by molar-refractivity contribution is 0.973.